The molecule has 182 valence electrons. The number of ketones is 2. The van der Waals surface area contributed by atoms with Crippen molar-refractivity contribution >= 4 is 17.5 Å². The summed E-state index contributed by atoms with van der Waals surface area (Å²) in [5.74, 6) is -0.964. The Hall–Kier alpha value is -3.35. The lowest BCUT2D eigenvalue weighted by Crippen LogP contribution is -2.13. The quantitative estimate of drug-likeness (QED) is 0.230. The maximum Gasteiger partial charge on any atom is 0.347 e. The van der Waals surface area contributed by atoms with Crippen LogP contribution in [0.15, 0.2) is 24.3 Å². The smallest absolute Gasteiger partial charge is 0.347 e. The molecule has 0 spiro atoms. The van der Waals surface area contributed by atoms with Gasteiger partial charge in [-0.25, -0.2) is 4.79 Å². The van der Waals surface area contributed by atoms with Crippen molar-refractivity contribution in [3.8, 4) is 28.7 Å². The van der Waals surface area contributed by atoms with Gasteiger partial charge in [0.1, 0.15) is 34.4 Å². The summed E-state index contributed by atoms with van der Waals surface area (Å²) in [4.78, 5) is 38.0. The first-order valence-electron chi connectivity index (χ1n) is 12.0. The number of benzene rings is 2. The third kappa shape index (κ3) is 6.37. The van der Waals surface area contributed by atoms with E-state index in [0.29, 0.717) is 24.0 Å². The lowest BCUT2D eigenvalue weighted by Gasteiger charge is -2.14. The number of ether oxygens (including phenoxy) is 2. The monoisotopic (exact) mass is 468 g/mol. The molecule has 0 bridgehead atoms. The van der Waals surface area contributed by atoms with Crippen LogP contribution in [0.1, 0.15) is 86.7 Å². The first-order valence-corrected chi connectivity index (χ1v) is 12.0. The molecular formula is C27H32O7. The van der Waals surface area contributed by atoms with Crippen LogP contribution in [0, 0.1) is 0 Å². The Morgan fingerprint density at radius 2 is 1.26 bits per heavy atom. The van der Waals surface area contributed by atoms with Crippen molar-refractivity contribution in [2.75, 3.05) is 0 Å². The normalized spacial score (nSPS) is 12.2. The fourth-order valence-corrected chi connectivity index (χ4v) is 4.08. The van der Waals surface area contributed by atoms with Gasteiger partial charge >= 0.3 is 5.97 Å². The molecule has 7 nitrogen and oxygen atoms in total. The van der Waals surface area contributed by atoms with Crippen molar-refractivity contribution in [3.63, 3.8) is 0 Å². The molecule has 2 aromatic carbocycles. The minimum absolute atomic E-state index is 0.00885. The Morgan fingerprint density at radius 1 is 0.735 bits per heavy atom. The molecule has 0 saturated heterocycles. The van der Waals surface area contributed by atoms with Crippen molar-refractivity contribution in [2.24, 2.45) is 0 Å². The molecule has 3 rings (SSSR count). The highest BCUT2D eigenvalue weighted by Crippen LogP contribution is 2.44. The number of hydrogen-bond acceptors (Lipinski definition) is 7. The van der Waals surface area contributed by atoms with Crippen molar-refractivity contribution in [1.82, 2.24) is 0 Å². The van der Waals surface area contributed by atoms with Crippen LogP contribution < -0.4 is 9.47 Å². The molecule has 7 heteroatoms. The number of hydrogen-bond donors (Lipinski definition) is 2. The number of esters is 1. The van der Waals surface area contributed by atoms with E-state index >= 15 is 0 Å². The topological polar surface area (TPSA) is 110 Å². The molecule has 0 fully saturated rings. The molecule has 0 amide bonds. The van der Waals surface area contributed by atoms with Crippen LogP contribution >= 0.6 is 0 Å². The van der Waals surface area contributed by atoms with E-state index in [-0.39, 0.29) is 58.7 Å². The summed E-state index contributed by atoms with van der Waals surface area (Å²) in [6.07, 6.45) is 6.17. The largest absolute Gasteiger partial charge is 0.508 e. The number of phenols is 2. The summed E-state index contributed by atoms with van der Waals surface area (Å²) >= 11 is 0. The van der Waals surface area contributed by atoms with E-state index in [2.05, 4.69) is 13.8 Å². The van der Waals surface area contributed by atoms with Crippen molar-refractivity contribution in [2.45, 2.75) is 78.1 Å². The van der Waals surface area contributed by atoms with Crippen LogP contribution in [0.5, 0.6) is 28.7 Å². The zero-order valence-electron chi connectivity index (χ0n) is 19.8. The Bertz CT molecular complexity index is 1070. The van der Waals surface area contributed by atoms with E-state index in [0.717, 1.165) is 38.5 Å². The Morgan fingerprint density at radius 3 is 1.85 bits per heavy atom. The SMILES string of the molecule is CCCCCC(=O)Cc1cc(O)cc2c1Oc1cc(O)cc(CC(=O)CCCCC)c1C(=O)O2. The molecule has 2 N–H and O–H groups in total. The van der Waals surface area contributed by atoms with Gasteiger partial charge in [-0.2, -0.15) is 0 Å². The van der Waals surface area contributed by atoms with Gasteiger partial charge in [-0.15, -0.1) is 0 Å². The summed E-state index contributed by atoms with van der Waals surface area (Å²) in [6, 6.07) is 5.32. The molecule has 0 unspecified atom stereocenters. The molecule has 34 heavy (non-hydrogen) atoms. The van der Waals surface area contributed by atoms with Crippen LogP contribution in [0.4, 0.5) is 0 Å². The minimum Gasteiger partial charge on any atom is -0.508 e. The summed E-state index contributed by atoms with van der Waals surface area (Å²) in [5, 5.41) is 20.4. The van der Waals surface area contributed by atoms with Crippen molar-refractivity contribution < 1.29 is 34.1 Å². The van der Waals surface area contributed by atoms with Gasteiger partial charge < -0.3 is 19.7 Å². The molecule has 1 aliphatic heterocycles. The highest BCUT2D eigenvalue weighted by Gasteiger charge is 2.30. The molecular weight excluding hydrogens is 436 g/mol. The number of phenolic OH excluding ortho intramolecular Hbond substituents is 2. The first kappa shape index (κ1) is 25.3. The predicted octanol–water partition coefficient (Wildman–Crippen LogP) is 5.81. The number of rotatable bonds is 12. The third-order valence-electron chi connectivity index (χ3n) is 5.80. The van der Waals surface area contributed by atoms with Crippen LogP contribution in [-0.2, 0) is 22.4 Å². The number of Topliss-reactive ketones (excluding diaryl/α,β-unsaturated/α-hetero) is 2. The van der Waals surface area contributed by atoms with Gasteiger partial charge in [-0.3, -0.25) is 9.59 Å². The lowest BCUT2D eigenvalue weighted by molar-refractivity contribution is -0.119. The summed E-state index contributed by atoms with van der Waals surface area (Å²) in [7, 11) is 0. The highest BCUT2D eigenvalue weighted by atomic mass is 16.6. The van der Waals surface area contributed by atoms with E-state index in [4.69, 9.17) is 9.47 Å². The van der Waals surface area contributed by atoms with E-state index < -0.39 is 5.97 Å². The Labute approximate surface area is 199 Å². The number of fused-ring (bicyclic) bond motifs is 2. The standard InChI is InChI=1S/C27H32O7/c1-3-5-7-9-19(28)11-17-12-21(30)15-23-25(17)27(32)34-24-16-22(31)14-18(26(24)33-23)13-20(29)10-8-6-4-2/h12,14-16,30-31H,3-11,13H2,1-2H3. The van der Waals surface area contributed by atoms with Crippen LogP contribution in [-0.4, -0.2) is 27.7 Å². The van der Waals surface area contributed by atoms with Crippen molar-refractivity contribution in [1.29, 1.82) is 0 Å². The number of carbonyl (C=O) groups is 3. The molecule has 0 radical (unpaired) electrons. The highest BCUT2D eigenvalue weighted by molar-refractivity contribution is 5.99. The minimum atomic E-state index is -0.754. The summed E-state index contributed by atoms with van der Waals surface area (Å²) < 4.78 is 11.5. The second kappa shape index (κ2) is 11.7. The van der Waals surface area contributed by atoms with Gasteiger partial charge in [-0.1, -0.05) is 39.5 Å². The lowest BCUT2D eigenvalue weighted by atomic mass is 9.98. The molecule has 0 atom stereocenters. The Kier molecular flexibility index (Phi) is 8.68. The van der Waals surface area contributed by atoms with E-state index in [9.17, 15) is 24.6 Å². The van der Waals surface area contributed by atoms with E-state index in [1.54, 1.807) is 0 Å². The average molecular weight is 469 g/mol. The number of unbranched alkanes of at least 4 members (excludes halogenated alkanes) is 4. The van der Waals surface area contributed by atoms with Crippen molar-refractivity contribution in [3.05, 3.63) is 41.0 Å². The molecule has 0 aromatic heterocycles. The van der Waals surface area contributed by atoms with Gasteiger partial charge in [0.15, 0.2) is 11.5 Å². The van der Waals surface area contributed by atoms with Gasteiger partial charge in [0.2, 0.25) is 0 Å². The van der Waals surface area contributed by atoms with Gasteiger partial charge in [0.25, 0.3) is 0 Å². The average Bonchev–Trinajstić information content (AvgIpc) is 2.89. The second-order valence-corrected chi connectivity index (χ2v) is 8.75. The van der Waals surface area contributed by atoms with Gasteiger partial charge in [-0.05, 0) is 30.5 Å². The third-order valence-corrected chi connectivity index (χ3v) is 5.80. The number of carbonyl (C=O) groups excluding carboxylic acids is 3. The summed E-state index contributed by atoms with van der Waals surface area (Å²) in [6.45, 7) is 4.11. The molecule has 0 saturated carbocycles. The number of aromatic hydroxyl groups is 2. The fourth-order valence-electron chi connectivity index (χ4n) is 4.08. The first-order chi connectivity index (χ1) is 16.3. The van der Waals surface area contributed by atoms with Crippen LogP contribution in [0.3, 0.4) is 0 Å². The molecule has 0 aliphatic carbocycles. The second-order valence-electron chi connectivity index (χ2n) is 8.75. The maximum absolute atomic E-state index is 13.0. The van der Waals surface area contributed by atoms with Crippen LogP contribution in [0.2, 0.25) is 0 Å². The van der Waals surface area contributed by atoms with E-state index in [1.165, 1.54) is 24.3 Å². The zero-order valence-corrected chi connectivity index (χ0v) is 19.8. The van der Waals surface area contributed by atoms with E-state index in [1.807, 2.05) is 0 Å². The summed E-state index contributed by atoms with van der Waals surface area (Å²) in [5.41, 5.74) is 0.756. The fraction of sp³-hybridized carbons (Fsp3) is 0.444. The Balaban J connectivity index is 1.93. The molecule has 2 aromatic rings. The van der Waals surface area contributed by atoms with Gasteiger partial charge in [0, 0.05) is 43.4 Å². The van der Waals surface area contributed by atoms with Gasteiger partial charge in [0.05, 0.1) is 0 Å². The van der Waals surface area contributed by atoms with Crippen LogP contribution in [0.25, 0.3) is 0 Å². The zero-order chi connectivity index (χ0) is 24.7. The maximum atomic E-state index is 13.0. The molecule has 1 heterocycles. The molecule has 1 aliphatic rings. The predicted molar refractivity (Wildman–Crippen MR) is 127 cm³/mol.